The Balaban J connectivity index is 2.14. The van der Waals surface area contributed by atoms with Crippen LogP contribution in [-0.2, 0) is 152 Å². The molecule has 0 saturated heterocycles. The molecule has 1 aliphatic heterocycles. The average molecular weight is 1010 g/mol. The van der Waals surface area contributed by atoms with Crippen molar-refractivity contribution in [2.24, 2.45) is 0 Å². The number of rotatable bonds is 28. The van der Waals surface area contributed by atoms with E-state index in [4.69, 9.17) is 37.9 Å². The number of nitrogens with one attached hydrogen (secondary N) is 4. The van der Waals surface area contributed by atoms with Crippen molar-refractivity contribution in [2.45, 2.75) is 115 Å². The van der Waals surface area contributed by atoms with Gasteiger partial charge in [-0.15, -0.1) is 0 Å². The van der Waals surface area contributed by atoms with Gasteiger partial charge in [-0.2, -0.15) is 0 Å². The van der Waals surface area contributed by atoms with Crippen LogP contribution in [0.1, 0.15) is 106 Å². The molecule has 1 aliphatic rings. The van der Waals surface area contributed by atoms with Crippen molar-refractivity contribution >= 4 is 53.7 Å². The number of hydrogen-bond acceptors (Lipinski definition) is 19. The third kappa shape index (κ3) is 14.2. The Morgan fingerprint density at radius 2 is 0.708 bits per heavy atom. The maximum Gasteiger partial charge on any atom is 0.310 e. The van der Waals surface area contributed by atoms with Crippen LogP contribution >= 0.6 is 0 Å². The van der Waals surface area contributed by atoms with E-state index in [0.29, 0.717) is 50.5 Å². The van der Waals surface area contributed by atoms with Gasteiger partial charge in [-0.05, 0) is 64.6 Å². The van der Waals surface area contributed by atoms with Crippen LogP contribution in [0.5, 0.6) is 0 Å². The van der Waals surface area contributed by atoms with Gasteiger partial charge in [-0.25, -0.2) is 0 Å². The SMILES string of the molecule is COC(=O)CCC1=C(CC(=O)OC)C(Cc2[nH]c(Cc3[nH]c(CO)c(CC(=O)OC)c3CCC(=O)OC)c(CC(=O)OC)c2CCC(=O)OC)(Cc2[nH]c(CO)c(CCC(=O)OC)c2CC(=O)OC)NC1=O. The molecule has 0 saturated carbocycles. The largest absolute Gasteiger partial charge is 0.469 e. The summed E-state index contributed by atoms with van der Waals surface area (Å²) in [5, 5.41) is 24.3. The summed E-state index contributed by atoms with van der Waals surface area (Å²) in [5.74, 6) is -5.83. The van der Waals surface area contributed by atoms with Crippen LogP contribution in [0.2, 0.25) is 0 Å². The second kappa shape index (κ2) is 26.8. The quantitative estimate of drug-likeness (QED) is 0.0439. The molecule has 1 amide bonds. The van der Waals surface area contributed by atoms with Gasteiger partial charge >= 0.3 is 47.8 Å². The van der Waals surface area contributed by atoms with Gasteiger partial charge in [-0.3, -0.25) is 43.2 Å². The average Bonchev–Trinajstić information content (AvgIpc) is 4.06. The Morgan fingerprint density at radius 3 is 1.14 bits per heavy atom. The topological polar surface area (TPSA) is 327 Å². The zero-order chi connectivity index (χ0) is 53.3. The fraction of sp³-hybridized carbons (Fsp3) is 0.531. The number of carbonyl (C=O) groups is 9. The highest BCUT2D eigenvalue weighted by molar-refractivity contribution is 6.00. The summed E-state index contributed by atoms with van der Waals surface area (Å²) in [4.78, 5) is 127. The van der Waals surface area contributed by atoms with E-state index in [9.17, 15) is 53.4 Å². The zero-order valence-electron chi connectivity index (χ0n) is 41.9. The summed E-state index contributed by atoms with van der Waals surface area (Å²) in [5.41, 5.74) is 2.81. The summed E-state index contributed by atoms with van der Waals surface area (Å²) in [6, 6.07) is 0. The molecule has 23 heteroatoms. The number of aromatic nitrogens is 3. The first-order chi connectivity index (χ1) is 34.4. The van der Waals surface area contributed by atoms with Gasteiger partial charge in [0.1, 0.15) is 0 Å². The molecule has 6 N–H and O–H groups in total. The van der Waals surface area contributed by atoms with Crippen molar-refractivity contribution in [1.82, 2.24) is 20.3 Å². The predicted molar refractivity (Wildman–Crippen MR) is 248 cm³/mol. The maximum absolute atomic E-state index is 14.5. The summed E-state index contributed by atoms with van der Waals surface area (Å²) in [6.45, 7) is -1.12. The maximum atomic E-state index is 14.5. The van der Waals surface area contributed by atoms with Crippen molar-refractivity contribution in [3.05, 3.63) is 78.7 Å². The molecule has 3 aromatic heterocycles. The lowest BCUT2D eigenvalue weighted by Crippen LogP contribution is -2.49. The first-order valence-electron chi connectivity index (χ1n) is 22.9. The van der Waals surface area contributed by atoms with E-state index in [1.165, 1.54) is 49.8 Å². The summed E-state index contributed by atoms with van der Waals surface area (Å²) >= 11 is 0. The van der Waals surface area contributed by atoms with Gasteiger partial charge in [0.05, 0.1) is 101 Å². The van der Waals surface area contributed by atoms with E-state index in [-0.39, 0.29) is 118 Å². The fourth-order valence-electron chi connectivity index (χ4n) is 9.17. The summed E-state index contributed by atoms with van der Waals surface area (Å²) < 4.78 is 40.0. The number of ether oxygens (including phenoxy) is 8. The van der Waals surface area contributed by atoms with Gasteiger partial charge < -0.3 is 68.4 Å². The number of H-pyrrole nitrogens is 3. The zero-order valence-corrected chi connectivity index (χ0v) is 41.9. The minimum absolute atomic E-state index is 0.00818. The van der Waals surface area contributed by atoms with E-state index in [1.54, 1.807) is 0 Å². The van der Waals surface area contributed by atoms with Crippen LogP contribution < -0.4 is 5.32 Å². The molecule has 0 aromatic carbocycles. The molecule has 0 radical (unpaired) electrons. The van der Waals surface area contributed by atoms with Crippen molar-refractivity contribution in [3.63, 3.8) is 0 Å². The standard InChI is InChI=1S/C49H64N4O19/c1-65-40(56)13-9-26-32(19-46(62)71-7)39(25-55)51-34(26)21-35-30(17-44(60)69-5)27(10-14-41(57)66-2)36(50-35)22-49(33(20-47(63)72-8)29(48(64)53-49)12-16-43(59)68-4)23-37-31(18-45(61)70-6)28(38(24-54)52-37)11-15-42(58)67-3/h50-52,54-55H,9-25H2,1-8H3,(H,53,64). The number of aromatic amines is 3. The van der Waals surface area contributed by atoms with Crippen LogP contribution in [0, 0.1) is 0 Å². The number of hydrogen-bond donors (Lipinski definition) is 6. The molecule has 23 nitrogen and oxygen atoms in total. The molecule has 394 valence electrons. The molecular formula is C49H64N4O19. The van der Waals surface area contributed by atoms with Crippen molar-refractivity contribution in [2.75, 3.05) is 56.9 Å². The Hall–Kier alpha value is -7.27. The van der Waals surface area contributed by atoms with E-state index in [1.807, 2.05) is 0 Å². The lowest BCUT2D eigenvalue weighted by atomic mass is 9.77. The van der Waals surface area contributed by atoms with Gasteiger partial charge in [0.15, 0.2) is 0 Å². The molecule has 0 bridgehead atoms. The van der Waals surface area contributed by atoms with Crippen molar-refractivity contribution in [1.29, 1.82) is 0 Å². The predicted octanol–water partition coefficient (Wildman–Crippen LogP) is 1.18. The van der Waals surface area contributed by atoms with Gasteiger partial charge in [-0.1, -0.05) is 0 Å². The number of aliphatic hydroxyl groups is 2. The van der Waals surface area contributed by atoms with Gasteiger partial charge in [0.2, 0.25) is 5.91 Å². The number of amides is 1. The number of methoxy groups -OCH3 is 8. The number of aliphatic hydroxyl groups excluding tert-OH is 2. The Kier molecular flexibility index (Phi) is 21.3. The first kappa shape index (κ1) is 57.3. The van der Waals surface area contributed by atoms with Crippen LogP contribution in [0.4, 0.5) is 0 Å². The van der Waals surface area contributed by atoms with E-state index < -0.39 is 78.8 Å². The van der Waals surface area contributed by atoms with Gasteiger partial charge in [0, 0.05) is 84.7 Å². The molecule has 0 aliphatic carbocycles. The van der Waals surface area contributed by atoms with Gasteiger partial charge in [0.25, 0.3) is 0 Å². The lowest BCUT2D eigenvalue weighted by Gasteiger charge is -2.33. The first-order valence-corrected chi connectivity index (χ1v) is 22.9. The van der Waals surface area contributed by atoms with Crippen LogP contribution in [-0.4, -0.2) is 141 Å². The van der Waals surface area contributed by atoms with Crippen molar-refractivity contribution in [3.8, 4) is 0 Å². The Labute approximate surface area is 414 Å². The normalized spacial score (nSPS) is 14.1. The summed E-state index contributed by atoms with van der Waals surface area (Å²) in [7, 11) is 9.56. The molecule has 1 unspecified atom stereocenters. The molecule has 1 atom stereocenters. The molecule has 3 aromatic rings. The molecule has 72 heavy (non-hydrogen) atoms. The van der Waals surface area contributed by atoms with E-state index in [2.05, 4.69) is 20.3 Å². The van der Waals surface area contributed by atoms with Crippen LogP contribution in [0.15, 0.2) is 11.1 Å². The lowest BCUT2D eigenvalue weighted by molar-refractivity contribution is -0.141. The molecule has 0 fully saturated rings. The third-order valence-electron chi connectivity index (χ3n) is 12.8. The second-order valence-electron chi connectivity index (χ2n) is 16.8. The molecular weight excluding hydrogens is 949 g/mol. The molecule has 0 spiro atoms. The number of esters is 8. The highest BCUT2D eigenvalue weighted by Gasteiger charge is 2.48. The van der Waals surface area contributed by atoms with E-state index >= 15 is 0 Å². The monoisotopic (exact) mass is 1010 g/mol. The second-order valence-corrected chi connectivity index (χ2v) is 16.8. The minimum Gasteiger partial charge on any atom is -0.469 e. The minimum atomic E-state index is -1.68. The summed E-state index contributed by atoms with van der Waals surface area (Å²) in [6.07, 6.45) is -3.00. The highest BCUT2D eigenvalue weighted by Crippen LogP contribution is 2.41. The highest BCUT2D eigenvalue weighted by atomic mass is 16.5. The van der Waals surface area contributed by atoms with Crippen LogP contribution in [0.25, 0.3) is 0 Å². The number of carbonyl (C=O) groups excluding carboxylic acids is 9. The molecule has 4 heterocycles. The fourth-order valence-corrected chi connectivity index (χ4v) is 9.17. The van der Waals surface area contributed by atoms with E-state index in [0.717, 1.165) is 7.11 Å². The van der Waals surface area contributed by atoms with Crippen LogP contribution in [0.3, 0.4) is 0 Å². The third-order valence-corrected chi connectivity index (χ3v) is 12.8. The van der Waals surface area contributed by atoms with Crippen molar-refractivity contribution < 1.29 is 91.3 Å². The Bertz CT molecular complexity index is 2550. The Morgan fingerprint density at radius 1 is 0.403 bits per heavy atom. The molecule has 4 rings (SSSR count). The smallest absolute Gasteiger partial charge is 0.310 e.